The summed E-state index contributed by atoms with van der Waals surface area (Å²) in [5.41, 5.74) is 2.23. The van der Waals surface area contributed by atoms with Crippen molar-refractivity contribution in [2.45, 2.75) is 78.3 Å². The maximum absolute atomic E-state index is 11.5. The molecule has 35 heavy (non-hydrogen) atoms. The highest BCUT2D eigenvalue weighted by atomic mass is 16.1. The fourth-order valence-electron chi connectivity index (χ4n) is 4.10. The van der Waals surface area contributed by atoms with Crippen molar-refractivity contribution in [3.05, 3.63) is 60.7 Å². The molecule has 0 saturated heterocycles. The normalized spacial score (nSPS) is 19.0. The van der Waals surface area contributed by atoms with Crippen molar-refractivity contribution in [2.24, 2.45) is 10.2 Å². The van der Waals surface area contributed by atoms with Gasteiger partial charge in [-0.15, -0.1) is 0 Å². The fourth-order valence-corrected chi connectivity index (χ4v) is 4.10. The Morgan fingerprint density at radius 2 is 1.34 bits per heavy atom. The molecule has 2 aromatic carbocycles. The second-order valence-corrected chi connectivity index (χ2v) is 9.14. The van der Waals surface area contributed by atoms with Gasteiger partial charge in [0.1, 0.15) is 11.7 Å². The van der Waals surface area contributed by atoms with Gasteiger partial charge in [0.15, 0.2) is 0 Å². The van der Waals surface area contributed by atoms with E-state index < -0.39 is 0 Å². The van der Waals surface area contributed by atoms with Gasteiger partial charge >= 0.3 is 0 Å². The zero-order valence-corrected chi connectivity index (χ0v) is 21.6. The van der Waals surface area contributed by atoms with Crippen LogP contribution in [0.15, 0.2) is 70.9 Å². The van der Waals surface area contributed by atoms with Crippen LogP contribution in [-0.2, 0) is 4.79 Å². The molecule has 2 unspecified atom stereocenters. The number of para-hydroxylation sites is 2. The number of carbonyl (C=O) groups excluding carboxylic acids is 1. The molecule has 0 aliphatic carbocycles. The van der Waals surface area contributed by atoms with Crippen LogP contribution < -0.4 is 20.7 Å². The van der Waals surface area contributed by atoms with E-state index in [4.69, 9.17) is 0 Å². The highest BCUT2D eigenvalue weighted by Crippen LogP contribution is 2.24. The summed E-state index contributed by atoms with van der Waals surface area (Å²) in [5.74, 6) is 1.94. The molecule has 0 radical (unpaired) electrons. The molecule has 2 aliphatic rings. The molecule has 2 heterocycles. The molecule has 4 rings (SSSR count). The molecule has 2 aliphatic heterocycles. The van der Waals surface area contributed by atoms with Gasteiger partial charge in [0, 0.05) is 25.8 Å². The molecule has 188 valence electrons. The van der Waals surface area contributed by atoms with Gasteiger partial charge in [-0.25, -0.2) is 0 Å². The van der Waals surface area contributed by atoms with E-state index in [1.54, 1.807) is 0 Å². The predicted octanol–water partition coefficient (Wildman–Crippen LogP) is 5.50. The van der Waals surface area contributed by atoms with E-state index in [9.17, 15) is 4.79 Å². The average Bonchev–Trinajstić information content (AvgIpc) is 3.42. The van der Waals surface area contributed by atoms with Crippen molar-refractivity contribution in [3.63, 3.8) is 0 Å². The molecular formula is C28H40N6O. The summed E-state index contributed by atoms with van der Waals surface area (Å²) in [6, 6.07) is 21.1. The lowest BCUT2D eigenvalue weighted by atomic mass is 10.2. The van der Waals surface area contributed by atoms with E-state index in [1.165, 1.54) is 18.5 Å². The Balaban J connectivity index is 0.000000196. The van der Waals surface area contributed by atoms with Gasteiger partial charge in [0.25, 0.3) is 0 Å². The van der Waals surface area contributed by atoms with Gasteiger partial charge in [-0.1, -0.05) is 56.7 Å². The van der Waals surface area contributed by atoms with Crippen LogP contribution in [0.25, 0.3) is 0 Å². The first-order chi connectivity index (χ1) is 17.0. The predicted molar refractivity (Wildman–Crippen MR) is 147 cm³/mol. The molecule has 0 aromatic heterocycles. The first kappa shape index (κ1) is 26.3. The lowest BCUT2D eigenvalue weighted by Gasteiger charge is -2.19. The van der Waals surface area contributed by atoms with Crippen molar-refractivity contribution < 1.29 is 4.79 Å². The van der Waals surface area contributed by atoms with Gasteiger partial charge in [-0.2, -0.15) is 10.2 Å². The minimum atomic E-state index is 0.0540. The lowest BCUT2D eigenvalue weighted by molar-refractivity contribution is -0.119. The van der Waals surface area contributed by atoms with Gasteiger partial charge in [-0.3, -0.25) is 14.8 Å². The number of hydrogen-bond donors (Lipinski definition) is 2. The number of rotatable bonds is 7. The Morgan fingerprint density at radius 1 is 0.829 bits per heavy atom. The van der Waals surface area contributed by atoms with Gasteiger partial charge in [-0.05, 0) is 51.0 Å². The molecule has 2 aromatic rings. The largest absolute Gasteiger partial charge is 0.372 e. The number of anilines is 2. The Bertz CT molecular complexity index is 975. The quantitative estimate of drug-likeness (QED) is 0.517. The molecule has 2 atom stereocenters. The summed E-state index contributed by atoms with van der Waals surface area (Å²) < 4.78 is 0. The van der Waals surface area contributed by atoms with Gasteiger partial charge in [0.05, 0.1) is 23.5 Å². The topological polar surface area (TPSA) is 72.3 Å². The number of carbonyl (C=O) groups is 1. The van der Waals surface area contributed by atoms with E-state index in [-0.39, 0.29) is 11.9 Å². The second kappa shape index (κ2) is 13.5. The summed E-state index contributed by atoms with van der Waals surface area (Å²) in [7, 11) is 0. The minimum Gasteiger partial charge on any atom is -0.372 e. The van der Waals surface area contributed by atoms with Crippen molar-refractivity contribution in [2.75, 3.05) is 16.6 Å². The van der Waals surface area contributed by atoms with Crippen molar-refractivity contribution >= 4 is 29.0 Å². The lowest BCUT2D eigenvalue weighted by Crippen LogP contribution is -2.29. The van der Waals surface area contributed by atoms with Gasteiger partial charge < -0.3 is 10.6 Å². The molecule has 0 spiro atoms. The van der Waals surface area contributed by atoms with Crippen LogP contribution in [-0.4, -0.2) is 36.2 Å². The summed E-state index contributed by atoms with van der Waals surface area (Å²) in [5, 5.41) is 19.5. The van der Waals surface area contributed by atoms with Crippen LogP contribution in [0.5, 0.6) is 0 Å². The number of nitrogens with one attached hydrogen (secondary N) is 2. The van der Waals surface area contributed by atoms with Crippen molar-refractivity contribution in [3.8, 4) is 0 Å². The zero-order chi connectivity index (χ0) is 25.0. The van der Waals surface area contributed by atoms with Crippen LogP contribution in [0.1, 0.15) is 66.2 Å². The first-order valence-electron chi connectivity index (χ1n) is 12.9. The maximum atomic E-state index is 11.5. The first-order valence-corrected chi connectivity index (χ1v) is 12.9. The van der Waals surface area contributed by atoms with Crippen LogP contribution in [0.3, 0.4) is 0 Å². The number of benzene rings is 2. The van der Waals surface area contributed by atoms with Crippen LogP contribution in [0.4, 0.5) is 11.4 Å². The number of unbranched alkanes of at least 4 members (excludes halogenated alkanes) is 1. The van der Waals surface area contributed by atoms with Crippen molar-refractivity contribution in [1.29, 1.82) is 0 Å². The standard InChI is InChI=1S/C14H19N3O.C14H21N3/c1-3-7-14(18)15-13-10-11(2)17(16-13)12-8-5-4-6-9-12;1-3-4-10-15-14-11-12(2)17(16-14)13-8-6-5-7-9-13/h4-6,8-9,11H,3,7,10H2,1-2H3,(H,15,16,18);5-9,12H,3-4,10-11H2,1-2H3,(H,15,16). The molecule has 7 heteroatoms. The number of hydrazone groups is 2. The number of hydrogen-bond acceptors (Lipinski definition) is 6. The Morgan fingerprint density at radius 3 is 1.86 bits per heavy atom. The second-order valence-electron chi connectivity index (χ2n) is 9.14. The molecule has 0 saturated carbocycles. The minimum absolute atomic E-state index is 0.0540. The van der Waals surface area contributed by atoms with E-state index in [0.29, 0.717) is 12.5 Å². The summed E-state index contributed by atoms with van der Waals surface area (Å²) >= 11 is 0. The summed E-state index contributed by atoms with van der Waals surface area (Å²) in [6.07, 6.45) is 5.63. The van der Waals surface area contributed by atoms with Crippen LogP contribution in [0.2, 0.25) is 0 Å². The molecular weight excluding hydrogens is 436 g/mol. The highest BCUT2D eigenvalue weighted by molar-refractivity contribution is 6.00. The fraction of sp³-hybridized carbons (Fsp3) is 0.464. The molecule has 0 fully saturated rings. The third-order valence-corrected chi connectivity index (χ3v) is 5.93. The number of amidine groups is 2. The smallest absolute Gasteiger partial charge is 0.225 e. The molecule has 0 bridgehead atoms. The Kier molecular flexibility index (Phi) is 10.1. The van der Waals surface area contributed by atoms with Crippen LogP contribution in [0, 0.1) is 0 Å². The van der Waals surface area contributed by atoms with Crippen molar-refractivity contribution in [1.82, 2.24) is 10.6 Å². The number of amides is 1. The Labute approximate surface area is 210 Å². The number of nitrogens with zero attached hydrogens (tertiary/aromatic N) is 4. The Hall–Kier alpha value is -3.35. The monoisotopic (exact) mass is 476 g/mol. The third kappa shape index (κ3) is 7.84. The van der Waals surface area contributed by atoms with E-state index >= 15 is 0 Å². The highest BCUT2D eigenvalue weighted by Gasteiger charge is 2.25. The summed E-state index contributed by atoms with van der Waals surface area (Å²) in [4.78, 5) is 11.5. The average molecular weight is 477 g/mol. The van der Waals surface area contributed by atoms with E-state index in [2.05, 4.69) is 70.9 Å². The zero-order valence-electron chi connectivity index (χ0n) is 21.6. The summed E-state index contributed by atoms with van der Waals surface area (Å²) in [6.45, 7) is 9.55. The third-order valence-electron chi connectivity index (χ3n) is 5.93. The van der Waals surface area contributed by atoms with Gasteiger partial charge in [0.2, 0.25) is 5.91 Å². The maximum Gasteiger partial charge on any atom is 0.225 e. The van der Waals surface area contributed by atoms with Crippen LogP contribution >= 0.6 is 0 Å². The van der Waals surface area contributed by atoms with E-state index in [1.807, 2.05) is 48.3 Å². The SMILES string of the molecule is CCCC(=O)NC1=NN(c2ccccc2)C(C)C1.CCCCNC1=NN(c2ccccc2)C(C)C1. The molecule has 2 N–H and O–H groups in total. The molecule has 1 amide bonds. The molecule has 7 nitrogen and oxygen atoms in total. The van der Waals surface area contributed by atoms with E-state index in [0.717, 1.165) is 43.2 Å².